The van der Waals surface area contributed by atoms with Crippen molar-refractivity contribution in [2.24, 2.45) is 0 Å². The van der Waals surface area contributed by atoms with Crippen LogP contribution in [0.15, 0.2) is 54.6 Å². The summed E-state index contributed by atoms with van der Waals surface area (Å²) in [7, 11) is 1.36. The van der Waals surface area contributed by atoms with Crippen molar-refractivity contribution in [2.45, 2.75) is 19.4 Å². The summed E-state index contributed by atoms with van der Waals surface area (Å²) >= 11 is 0. The molecule has 2 rings (SSSR count). The molecular weight excluding hydrogens is 344 g/mol. The number of rotatable bonds is 6. The molecule has 0 aromatic heterocycles. The number of amides is 3. The minimum Gasteiger partial charge on any atom is -0.340 e. The highest BCUT2D eigenvalue weighted by atomic mass is 16.2. The van der Waals surface area contributed by atoms with Gasteiger partial charge in [-0.2, -0.15) is 5.26 Å². The average Bonchev–Trinajstić information content (AvgIpc) is 2.67. The van der Waals surface area contributed by atoms with Crippen LogP contribution in [0.5, 0.6) is 0 Å². The molecule has 0 aliphatic heterocycles. The van der Waals surface area contributed by atoms with E-state index in [0.29, 0.717) is 11.3 Å². The average molecular weight is 364 g/mol. The van der Waals surface area contributed by atoms with Gasteiger partial charge in [0.15, 0.2) is 6.19 Å². The molecule has 0 fully saturated rings. The quantitative estimate of drug-likeness (QED) is 0.604. The number of hydrogen-bond acceptors (Lipinski definition) is 4. The molecule has 0 radical (unpaired) electrons. The van der Waals surface area contributed by atoms with Crippen molar-refractivity contribution in [3.8, 4) is 6.19 Å². The minimum atomic E-state index is -0.875. The molecule has 138 valence electrons. The van der Waals surface area contributed by atoms with Gasteiger partial charge in [0.25, 0.3) is 11.8 Å². The lowest BCUT2D eigenvalue weighted by molar-refractivity contribution is -0.129. The van der Waals surface area contributed by atoms with Gasteiger partial charge >= 0.3 is 0 Å². The molecule has 0 aliphatic rings. The molecule has 7 nitrogen and oxygen atoms in total. The largest absolute Gasteiger partial charge is 0.340 e. The highest BCUT2D eigenvalue weighted by molar-refractivity contribution is 5.98. The first-order valence-corrected chi connectivity index (χ1v) is 8.30. The molecular formula is C20H20N4O3. The third-order valence-corrected chi connectivity index (χ3v) is 3.83. The van der Waals surface area contributed by atoms with E-state index in [4.69, 9.17) is 5.26 Å². The maximum atomic E-state index is 12.5. The highest BCUT2D eigenvalue weighted by Crippen LogP contribution is 2.11. The van der Waals surface area contributed by atoms with Gasteiger partial charge in [0.05, 0.1) is 0 Å². The second kappa shape index (κ2) is 9.15. The second-order valence-corrected chi connectivity index (χ2v) is 5.97. The van der Waals surface area contributed by atoms with Crippen molar-refractivity contribution in [2.75, 3.05) is 12.4 Å². The predicted octanol–water partition coefficient (Wildman–Crippen LogP) is 1.93. The summed E-state index contributed by atoms with van der Waals surface area (Å²) in [4.78, 5) is 37.0. The summed E-state index contributed by atoms with van der Waals surface area (Å²) in [6.45, 7) is 1.39. The molecule has 0 heterocycles. The zero-order valence-corrected chi connectivity index (χ0v) is 15.1. The van der Waals surface area contributed by atoms with Gasteiger partial charge in [0.2, 0.25) is 5.91 Å². The summed E-state index contributed by atoms with van der Waals surface area (Å²) < 4.78 is 0. The molecule has 1 unspecified atom stereocenters. The topological polar surface area (TPSA) is 102 Å². The molecule has 0 saturated carbocycles. The number of nitrogens with one attached hydrogen (secondary N) is 2. The number of carbonyl (C=O) groups excluding carboxylic acids is 3. The Balaban J connectivity index is 2.15. The van der Waals surface area contributed by atoms with Crippen LogP contribution < -0.4 is 10.6 Å². The molecule has 0 saturated heterocycles. The van der Waals surface area contributed by atoms with Crippen molar-refractivity contribution >= 4 is 23.4 Å². The van der Waals surface area contributed by atoms with E-state index in [1.165, 1.54) is 14.0 Å². The number of anilines is 1. The van der Waals surface area contributed by atoms with E-state index in [1.807, 2.05) is 30.3 Å². The molecule has 3 amide bonds. The van der Waals surface area contributed by atoms with Gasteiger partial charge in [-0.3, -0.25) is 19.3 Å². The fourth-order valence-electron chi connectivity index (χ4n) is 2.48. The summed E-state index contributed by atoms with van der Waals surface area (Å²) in [6, 6.07) is 14.7. The Morgan fingerprint density at radius 3 is 2.26 bits per heavy atom. The number of likely N-dealkylation sites (N-methyl/N-ethyl adjacent to an activating group) is 1. The van der Waals surface area contributed by atoms with Crippen LogP contribution in [-0.4, -0.2) is 35.7 Å². The van der Waals surface area contributed by atoms with Gasteiger partial charge in [-0.05, 0) is 29.8 Å². The van der Waals surface area contributed by atoms with Crippen LogP contribution in [0.4, 0.5) is 5.69 Å². The standard InChI is InChI=1S/C20H20N4O3/c1-14(25)22-17-10-8-16(9-11-17)19(26)23-18(20(27)24(2)13-21)12-15-6-4-3-5-7-15/h3-11,18H,12H2,1-2H3,(H,22,25)(H,23,26). The van der Waals surface area contributed by atoms with E-state index in [0.717, 1.165) is 10.5 Å². The first-order chi connectivity index (χ1) is 12.9. The van der Waals surface area contributed by atoms with E-state index >= 15 is 0 Å². The lowest BCUT2D eigenvalue weighted by Crippen LogP contribution is -2.47. The Kier molecular flexibility index (Phi) is 6.67. The predicted molar refractivity (Wildman–Crippen MR) is 101 cm³/mol. The molecule has 0 bridgehead atoms. The molecule has 2 aromatic rings. The van der Waals surface area contributed by atoms with E-state index in [2.05, 4.69) is 10.6 Å². The number of nitriles is 1. The van der Waals surface area contributed by atoms with E-state index in [-0.39, 0.29) is 12.3 Å². The van der Waals surface area contributed by atoms with E-state index in [1.54, 1.807) is 30.5 Å². The maximum absolute atomic E-state index is 12.5. The molecule has 2 aromatic carbocycles. The van der Waals surface area contributed by atoms with Gasteiger partial charge in [-0.1, -0.05) is 30.3 Å². The van der Waals surface area contributed by atoms with Gasteiger partial charge in [0.1, 0.15) is 6.04 Å². The zero-order valence-electron chi connectivity index (χ0n) is 15.1. The van der Waals surface area contributed by atoms with Crippen molar-refractivity contribution in [3.05, 3.63) is 65.7 Å². The fourth-order valence-corrected chi connectivity index (χ4v) is 2.48. The van der Waals surface area contributed by atoms with Gasteiger partial charge in [-0.15, -0.1) is 0 Å². The SMILES string of the molecule is CC(=O)Nc1ccc(C(=O)NC(Cc2ccccc2)C(=O)N(C)C#N)cc1. The van der Waals surface area contributed by atoms with Crippen LogP contribution in [0, 0.1) is 11.5 Å². The lowest BCUT2D eigenvalue weighted by atomic mass is 10.0. The van der Waals surface area contributed by atoms with Gasteiger partial charge in [-0.25, -0.2) is 0 Å². The van der Waals surface area contributed by atoms with Crippen molar-refractivity contribution in [1.29, 1.82) is 5.26 Å². The van der Waals surface area contributed by atoms with Crippen LogP contribution in [0.3, 0.4) is 0 Å². The van der Waals surface area contributed by atoms with Crippen molar-refractivity contribution in [3.63, 3.8) is 0 Å². The molecule has 7 heteroatoms. The first kappa shape index (κ1) is 19.7. The first-order valence-electron chi connectivity index (χ1n) is 8.30. The normalized spacial score (nSPS) is 11.0. The number of nitrogens with zero attached hydrogens (tertiary/aromatic N) is 2. The third kappa shape index (κ3) is 5.68. The van der Waals surface area contributed by atoms with Crippen LogP contribution in [0.25, 0.3) is 0 Å². The Labute approximate surface area is 157 Å². The van der Waals surface area contributed by atoms with Crippen molar-refractivity contribution < 1.29 is 14.4 Å². The number of hydrogen-bond donors (Lipinski definition) is 2. The Hall–Kier alpha value is -3.66. The molecule has 2 N–H and O–H groups in total. The third-order valence-electron chi connectivity index (χ3n) is 3.83. The minimum absolute atomic E-state index is 0.208. The fraction of sp³-hybridized carbons (Fsp3) is 0.200. The van der Waals surface area contributed by atoms with Gasteiger partial charge in [0, 0.05) is 31.6 Å². The molecule has 0 aliphatic carbocycles. The van der Waals surface area contributed by atoms with Crippen LogP contribution in [0.1, 0.15) is 22.8 Å². The Morgan fingerprint density at radius 1 is 1.07 bits per heavy atom. The van der Waals surface area contributed by atoms with E-state index in [9.17, 15) is 14.4 Å². The second-order valence-electron chi connectivity index (χ2n) is 5.97. The summed E-state index contributed by atoms with van der Waals surface area (Å²) in [5.41, 5.74) is 1.78. The number of carbonyl (C=O) groups is 3. The van der Waals surface area contributed by atoms with Gasteiger partial charge < -0.3 is 10.6 Å². The lowest BCUT2D eigenvalue weighted by Gasteiger charge is -2.20. The zero-order chi connectivity index (χ0) is 19.8. The Morgan fingerprint density at radius 2 is 1.70 bits per heavy atom. The molecule has 1 atom stereocenters. The summed E-state index contributed by atoms with van der Waals surface area (Å²) in [5, 5.41) is 14.3. The monoisotopic (exact) mass is 364 g/mol. The number of benzene rings is 2. The summed E-state index contributed by atoms with van der Waals surface area (Å²) in [5.74, 6) is -1.14. The van der Waals surface area contributed by atoms with Crippen LogP contribution in [-0.2, 0) is 16.0 Å². The summed E-state index contributed by atoms with van der Waals surface area (Å²) in [6.07, 6.45) is 2.03. The highest BCUT2D eigenvalue weighted by Gasteiger charge is 2.25. The molecule has 0 spiro atoms. The molecule has 27 heavy (non-hydrogen) atoms. The van der Waals surface area contributed by atoms with Crippen LogP contribution >= 0.6 is 0 Å². The van der Waals surface area contributed by atoms with E-state index < -0.39 is 17.9 Å². The van der Waals surface area contributed by atoms with Crippen LogP contribution in [0.2, 0.25) is 0 Å². The smallest absolute Gasteiger partial charge is 0.258 e. The maximum Gasteiger partial charge on any atom is 0.258 e. The Bertz CT molecular complexity index is 857. The van der Waals surface area contributed by atoms with Crippen molar-refractivity contribution in [1.82, 2.24) is 10.2 Å².